The molecule has 1 N–H and O–H groups in total. The van der Waals surface area contributed by atoms with Crippen molar-refractivity contribution in [2.75, 3.05) is 0 Å². The molecule has 9 heteroatoms. The zero-order valence-electron chi connectivity index (χ0n) is 14.7. The van der Waals surface area contributed by atoms with E-state index in [0.29, 0.717) is 21.4 Å². The van der Waals surface area contributed by atoms with Gasteiger partial charge < -0.3 is 4.74 Å². The number of sulfonamides is 1. The molecule has 0 fully saturated rings. The van der Waals surface area contributed by atoms with Gasteiger partial charge >= 0.3 is 0 Å². The number of benzene rings is 3. The van der Waals surface area contributed by atoms with E-state index in [1.54, 1.807) is 54.6 Å². The number of hydrogen-bond acceptors (Lipinski definition) is 3. The third-order valence-corrected chi connectivity index (χ3v) is 6.70. The quantitative estimate of drug-likeness (QED) is 0.326. The van der Waals surface area contributed by atoms with Crippen LogP contribution in [-0.4, -0.2) is 14.6 Å². The maximum atomic E-state index is 12.9. The number of ether oxygens (including phenoxy) is 1. The summed E-state index contributed by atoms with van der Waals surface area (Å²) in [6, 6.07) is 20.7. The van der Waals surface area contributed by atoms with Gasteiger partial charge in [-0.2, -0.15) is 4.72 Å². The molecule has 1 atom stereocenters. The van der Waals surface area contributed by atoms with Crippen LogP contribution in [0.15, 0.2) is 83.8 Å². The van der Waals surface area contributed by atoms with Crippen LogP contribution in [0.2, 0.25) is 10.0 Å². The first-order chi connectivity index (χ1) is 13.7. The smallest absolute Gasteiger partial charge is 0.243 e. The second-order valence-electron chi connectivity index (χ2n) is 6.02. The molecule has 0 radical (unpaired) electrons. The summed E-state index contributed by atoms with van der Waals surface area (Å²) in [5, 5.41) is 0.910. The molecule has 0 saturated heterocycles. The molecule has 0 amide bonds. The van der Waals surface area contributed by atoms with Gasteiger partial charge in [-0.15, -0.1) is 0 Å². The standard InChI is InChI=1S/C20H15Cl4NO3S/c21-15-6-10-17(11-7-15)28-19(20(23,24)14-4-2-1-3-5-14)25-29(26,27)18-12-8-16(22)9-13-18/h1-13,19,25H. The van der Waals surface area contributed by atoms with Gasteiger partial charge in [-0.1, -0.05) is 76.7 Å². The lowest BCUT2D eigenvalue weighted by Gasteiger charge is -2.31. The molecule has 3 aromatic carbocycles. The highest BCUT2D eigenvalue weighted by Gasteiger charge is 2.41. The van der Waals surface area contributed by atoms with Crippen molar-refractivity contribution in [2.24, 2.45) is 0 Å². The van der Waals surface area contributed by atoms with E-state index in [0.717, 1.165) is 0 Å². The normalized spacial score (nSPS) is 13.1. The minimum atomic E-state index is -4.02. The molecule has 29 heavy (non-hydrogen) atoms. The SMILES string of the molecule is O=S(=O)(NC(Oc1ccc(Cl)cc1)C(Cl)(Cl)c1ccccc1)c1ccc(Cl)cc1. The van der Waals surface area contributed by atoms with Crippen molar-refractivity contribution in [3.63, 3.8) is 0 Å². The van der Waals surface area contributed by atoms with Gasteiger partial charge in [-0.25, -0.2) is 8.42 Å². The van der Waals surface area contributed by atoms with E-state index in [1.807, 2.05) is 0 Å². The summed E-state index contributed by atoms with van der Waals surface area (Å²) in [7, 11) is -4.02. The number of halogens is 4. The summed E-state index contributed by atoms with van der Waals surface area (Å²) in [6.45, 7) is 0. The summed E-state index contributed by atoms with van der Waals surface area (Å²) < 4.78 is 32.3. The highest BCUT2D eigenvalue weighted by molar-refractivity contribution is 7.89. The van der Waals surface area contributed by atoms with E-state index in [-0.39, 0.29) is 4.90 Å². The van der Waals surface area contributed by atoms with Crippen molar-refractivity contribution in [2.45, 2.75) is 15.5 Å². The van der Waals surface area contributed by atoms with Gasteiger partial charge in [0.2, 0.25) is 10.0 Å². The molecule has 4 nitrogen and oxygen atoms in total. The number of alkyl halides is 2. The lowest BCUT2D eigenvalue weighted by Crippen LogP contribution is -2.48. The second-order valence-corrected chi connectivity index (χ2v) is 9.99. The van der Waals surface area contributed by atoms with E-state index in [2.05, 4.69) is 4.72 Å². The molecular formula is C20H15Cl4NO3S. The Bertz CT molecular complexity index is 1060. The Kier molecular flexibility index (Phi) is 6.99. The first-order valence-electron chi connectivity index (χ1n) is 8.32. The summed E-state index contributed by atoms with van der Waals surface area (Å²) in [4.78, 5) is -0.0104. The fraction of sp³-hybridized carbons (Fsp3) is 0.100. The minimum absolute atomic E-state index is 0.0104. The highest BCUT2D eigenvalue weighted by Crippen LogP contribution is 2.39. The average molecular weight is 491 g/mol. The lowest BCUT2D eigenvalue weighted by molar-refractivity contribution is 0.171. The molecule has 0 aliphatic carbocycles. The Balaban J connectivity index is 1.97. The zero-order chi connectivity index (χ0) is 21.1. The van der Waals surface area contributed by atoms with E-state index >= 15 is 0 Å². The van der Waals surface area contributed by atoms with Gasteiger partial charge in [0, 0.05) is 10.0 Å². The Morgan fingerprint density at radius 2 is 1.31 bits per heavy atom. The summed E-state index contributed by atoms with van der Waals surface area (Å²) in [5.74, 6) is 0.333. The first-order valence-corrected chi connectivity index (χ1v) is 11.3. The van der Waals surface area contributed by atoms with Crippen LogP contribution in [0.1, 0.15) is 5.56 Å². The predicted octanol–water partition coefficient (Wildman–Crippen LogP) is 6.01. The topological polar surface area (TPSA) is 55.4 Å². The maximum absolute atomic E-state index is 12.9. The molecule has 152 valence electrons. The molecular weight excluding hydrogens is 476 g/mol. The summed E-state index contributed by atoms with van der Waals surface area (Å²) in [6.07, 6.45) is -1.35. The van der Waals surface area contributed by atoms with E-state index in [9.17, 15) is 8.42 Å². The highest BCUT2D eigenvalue weighted by atomic mass is 35.5. The van der Waals surface area contributed by atoms with Gasteiger partial charge in [-0.3, -0.25) is 0 Å². The molecule has 0 aliphatic heterocycles. The molecule has 0 aromatic heterocycles. The average Bonchev–Trinajstić information content (AvgIpc) is 2.70. The van der Waals surface area contributed by atoms with Gasteiger partial charge in [0.05, 0.1) is 4.90 Å². The van der Waals surface area contributed by atoms with Crippen molar-refractivity contribution in [3.8, 4) is 5.75 Å². The number of nitrogens with one attached hydrogen (secondary N) is 1. The van der Waals surface area contributed by atoms with Crippen LogP contribution in [0.3, 0.4) is 0 Å². The fourth-order valence-corrected chi connectivity index (χ4v) is 4.42. The van der Waals surface area contributed by atoms with Crippen LogP contribution in [0.4, 0.5) is 0 Å². The van der Waals surface area contributed by atoms with Crippen LogP contribution in [0, 0.1) is 0 Å². The van der Waals surface area contributed by atoms with Gasteiger partial charge in [0.1, 0.15) is 5.75 Å². The number of hydrogen-bond donors (Lipinski definition) is 1. The van der Waals surface area contributed by atoms with Crippen molar-refractivity contribution in [1.82, 2.24) is 4.72 Å². The Labute approximate surface area is 189 Å². The third kappa shape index (κ3) is 5.57. The van der Waals surface area contributed by atoms with Gasteiger partial charge in [-0.05, 0) is 54.1 Å². The monoisotopic (exact) mass is 489 g/mol. The predicted molar refractivity (Wildman–Crippen MR) is 117 cm³/mol. The number of rotatable bonds is 7. The molecule has 1 unspecified atom stereocenters. The second kappa shape index (κ2) is 9.13. The molecule has 0 heterocycles. The fourth-order valence-electron chi connectivity index (χ4n) is 2.46. The molecule has 3 aromatic rings. The minimum Gasteiger partial charge on any atom is -0.471 e. The Hall–Kier alpha value is -1.47. The van der Waals surface area contributed by atoms with Crippen LogP contribution in [0.5, 0.6) is 5.75 Å². The van der Waals surface area contributed by atoms with Gasteiger partial charge in [0.15, 0.2) is 10.6 Å². The summed E-state index contributed by atoms with van der Waals surface area (Å²) in [5.41, 5.74) is 0.459. The van der Waals surface area contributed by atoms with Crippen LogP contribution in [-0.2, 0) is 14.4 Å². The van der Waals surface area contributed by atoms with Gasteiger partial charge in [0.25, 0.3) is 0 Å². The molecule has 0 saturated carbocycles. The van der Waals surface area contributed by atoms with Crippen molar-refractivity contribution in [3.05, 3.63) is 94.5 Å². The van der Waals surface area contributed by atoms with Crippen LogP contribution >= 0.6 is 46.4 Å². The van der Waals surface area contributed by atoms with E-state index in [4.69, 9.17) is 51.1 Å². The van der Waals surface area contributed by atoms with Crippen LogP contribution < -0.4 is 9.46 Å². The molecule has 0 aliphatic rings. The van der Waals surface area contributed by atoms with Crippen molar-refractivity contribution < 1.29 is 13.2 Å². The molecule has 0 bridgehead atoms. The van der Waals surface area contributed by atoms with E-state index < -0.39 is 20.6 Å². The van der Waals surface area contributed by atoms with Crippen molar-refractivity contribution in [1.29, 1.82) is 0 Å². The first kappa shape index (κ1) is 22.2. The molecule has 0 spiro atoms. The Morgan fingerprint density at radius 1 is 0.793 bits per heavy atom. The zero-order valence-corrected chi connectivity index (χ0v) is 18.6. The van der Waals surface area contributed by atoms with Crippen LogP contribution in [0.25, 0.3) is 0 Å². The largest absolute Gasteiger partial charge is 0.471 e. The van der Waals surface area contributed by atoms with Crippen molar-refractivity contribution >= 4 is 56.4 Å². The summed E-state index contributed by atoms with van der Waals surface area (Å²) >= 11 is 24.9. The molecule has 3 rings (SSSR count). The van der Waals surface area contributed by atoms with E-state index in [1.165, 1.54) is 24.3 Å². The third-order valence-electron chi connectivity index (χ3n) is 3.94. The Morgan fingerprint density at radius 3 is 1.86 bits per heavy atom. The lowest BCUT2D eigenvalue weighted by atomic mass is 10.1. The maximum Gasteiger partial charge on any atom is 0.243 e.